The highest BCUT2D eigenvalue weighted by atomic mass is 16.6. The smallest absolute Gasteiger partial charge is 0.292 e. The van der Waals surface area contributed by atoms with Crippen LogP contribution in [0.3, 0.4) is 0 Å². The van der Waals surface area contributed by atoms with E-state index in [9.17, 15) is 10.1 Å². The second kappa shape index (κ2) is 4.36. The fraction of sp³-hybridized carbons (Fsp3) is 0.182. The predicted molar refractivity (Wildman–Crippen MR) is 68.7 cm³/mol. The Balaban J connectivity index is 2.28. The van der Waals surface area contributed by atoms with Crippen molar-refractivity contribution in [1.82, 2.24) is 9.78 Å². The average molecular weight is 247 g/mol. The molecule has 94 valence electrons. The number of hydrogen-bond acceptors (Lipinski definition) is 5. The summed E-state index contributed by atoms with van der Waals surface area (Å²) in [7, 11) is 1.82. The van der Waals surface area contributed by atoms with E-state index in [1.165, 1.54) is 12.1 Å². The number of rotatable bonds is 3. The number of anilines is 3. The fourth-order valence-corrected chi connectivity index (χ4v) is 1.68. The molecule has 0 saturated carbocycles. The third-order valence-corrected chi connectivity index (χ3v) is 2.52. The number of nitrogens with two attached hydrogens (primary N) is 1. The van der Waals surface area contributed by atoms with Gasteiger partial charge in [0.25, 0.3) is 5.69 Å². The number of nitrogens with zero attached hydrogens (tertiary/aromatic N) is 3. The van der Waals surface area contributed by atoms with Gasteiger partial charge in [-0.3, -0.25) is 14.8 Å². The van der Waals surface area contributed by atoms with E-state index in [1.807, 2.05) is 20.2 Å². The lowest BCUT2D eigenvalue weighted by molar-refractivity contribution is -0.383. The van der Waals surface area contributed by atoms with Crippen LogP contribution in [0.2, 0.25) is 0 Å². The molecular formula is C11H13N5O2. The molecule has 0 aliphatic heterocycles. The second-order valence-electron chi connectivity index (χ2n) is 3.96. The highest BCUT2D eigenvalue weighted by Gasteiger charge is 2.11. The molecule has 7 heteroatoms. The molecule has 0 unspecified atom stereocenters. The Morgan fingerprint density at radius 1 is 1.50 bits per heavy atom. The maximum atomic E-state index is 10.6. The summed E-state index contributed by atoms with van der Waals surface area (Å²) >= 11 is 0. The van der Waals surface area contributed by atoms with Crippen LogP contribution in [-0.2, 0) is 7.05 Å². The highest BCUT2D eigenvalue weighted by molar-refractivity contribution is 5.70. The van der Waals surface area contributed by atoms with Crippen molar-refractivity contribution in [3.8, 4) is 0 Å². The van der Waals surface area contributed by atoms with E-state index < -0.39 is 4.92 Å². The first-order chi connectivity index (χ1) is 8.47. The molecule has 1 aromatic carbocycles. The average Bonchev–Trinajstić information content (AvgIpc) is 2.57. The molecule has 0 radical (unpaired) electrons. The number of nitrogen functional groups attached to an aromatic ring is 1. The molecule has 0 amide bonds. The molecule has 0 bridgehead atoms. The van der Waals surface area contributed by atoms with Crippen molar-refractivity contribution in [2.45, 2.75) is 6.92 Å². The first-order valence-corrected chi connectivity index (χ1v) is 5.28. The van der Waals surface area contributed by atoms with Gasteiger partial charge < -0.3 is 11.1 Å². The molecule has 18 heavy (non-hydrogen) atoms. The van der Waals surface area contributed by atoms with E-state index >= 15 is 0 Å². The summed E-state index contributed by atoms with van der Waals surface area (Å²) < 4.78 is 1.69. The molecule has 2 rings (SSSR count). The Kier molecular flexibility index (Phi) is 2.88. The van der Waals surface area contributed by atoms with E-state index in [1.54, 1.807) is 10.7 Å². The molecular weight excluding hydrogens is 234 g/mol. The van der Waals surface area contributed by atoms with Crippen molar-refractivity contribution < 1.29 is 4.92 Å². The third-order valence-electron chi connectivity index (χ3n) is 2.52. The van der Waals surface area contributed by atoms with Crippen molar-refractivity contribution in [1.29, 1.82) is 0 Å². The molecule has 0 atom stereocenters. The number of nitrogens with one attached hydrogen (secondary N) is 1. The quantitative estimate of drug-likeness (QED) is 0.490. The van der Waals surface area contributed by atoms with E-state index in [2.05, 4.69) is 10.4 Å². The van der Waals surface area contributed by atoms with Crippen LogP contribution in [0.15, 0.2) is 24.4 Å². The molecule has 0 spiro atoms. The largest absolute Gasteiger partial charge is 0.393 e. The minimum atomic E-state index is -0.506. The first-order valence-electron chi connectivity index (χ1n) is 5.28. The van der Waals surface area contributed by atoms with Crippen molar-refractivity contribution in [2.24, 2.45) is 7.05 Å². The zero-order valence-corrected chi connectivity index (χ0v) is 10.0. The Bertz CT molecular complexity index is 605. The minimum Gasteiger partial charge on any atom is -0.393 e. The number of hydrogen-bond donors (Lipinski definition) is 2. The molecule has 0 fully saturated rings. The molecule has 2 aromatic rings. The Labute approximate surface area is 103 Å². The molecule has 0 saturated heterocycles. The van der Waals surface area contributed by atoms with E-state index in [-0.39, 0.29) is 11.4 Å². The van der Waals surface area contributed by atoms with Gasteiger partial charge >= 0.3 is 0 Å². The summed E-state index contributed by atoms with van der Waals surface area (Å²) in [5.41, 5.74) is 8.02. The van der Waals surface area contributed by atoms with Crippen LogP contribution in [0, 0.1) is 17.0 Å². The lowest BCUT2D eigenvalue weighted by atomic mass is 10.2. The Hall–Kier alpha value is -2.57. The summed E-state index contributed by atoms with van der Waals surface area (Å²) in [6, 6.07) is 4.52. The molecule has 0 aliphatic rings. The summed E-state index contributed by atoms with van der Waals surface area (Å²) in [5, 5.41) is 17.9. The normalized spacial score (nSPS) is 10.3. The molecule has 1 aromatic heterocycles. The van der Waals surface area contributed by atoms with Gasteiger partial charge in [0, 0.05) is 25.0 Å². The summed E-state index contributed by atoms with van der Waals surface area (Å²) in [6.45, 7) is 1.87. The topological polar surface area (TPSA) is 99.0 Å². The van der Waals surface area contributed by atoms with E-state index in [0.717, 1.165) is 11.4 Å². The van der Waals surface area contributed by atoms with Crippen LogP contribution in [0.25, 0.3) is 0 Å². The zero-order valence-electron chi connectivity index (χ0n) is 10.0. The van der Waals surface area contributed by atoms with E-state index in [4.69, 9.17) is 5.73 Å². The van der Waals surface area contributed by atoms with Crippen LogP contribution in [-0.4, -0.2) is 14.7 Å². The van der Waals surface area contributed by atoms with Gasteiger partial charge in [-0.2, -0.15) is 5.10 Å². The zero-order chi connectivity index (χ0) is 13.3. The summed E-state index contributed by atoms with van der Waals surface area (Å²) in [6.07, 6.45) is 1.83. The first kappa shape index (κ1) is 11.9. The van der Waals surface area contributed by atoms with Crippen molar-refractivity contribution >= 4 is 22.7 Å². The van der Waals surface area contributed by atoms with Gasteiger partial charge in [-0.1, -0.05) is 0 Å². The molecule has 7 nitrogen and oxygen atoms in total. The maximum absolute atomic E-state index is 10.6. The van der Waals surface area contributed by atoms with Crippen LogP contribution in [0.4, 0.5) is 22.7 Å². The minimum absolute atomic E-state index is 0.0940. The molecule has 0 aliphatic carbocycles. The van der Waals surface area contributed by atoms with Gasteiger partial charge in [0.15, 0.2) is 0 Å². The summed E-state index contributed by atoms with van der Waals surface area (Å²) in [5.74, 6) is 0. The highest BCUT2D eigenvalue weighted by Crippen LogP contribution is 2.27. The van der Waals surface area contributed by atoms with Crippen molar-refractivity contribution in [3.05, 3.63) is 40.2 Å². The number of benzene rings is 1. The third kappa shape index (κ3) is 2.24. The Morgan fingerprint density at radius 3 is 2.72 bits per heavy atom. The fourth-order valence-electron chi connectivity index (χ4n) is 1.68. The monoisotopic (exact) mass is 247 g/mol. The van der Waals surface area contributed by atoms with Gasteiger partial charge in [-0.05, 0) is 19.1 Å². The maximum Gasteiger partial charge on any atom is 0.292 e. The SMILES string of the molecule is Cc1nn(C)cc1Nc1ccc([N+](=O)[O-])c(N)c1. The lowest BCUT2D eigenvalue weighted by Crippen LogP contribution is -1.97. The summed E-state index contributed by atoms with van der Waals surface area (Å²) in [4.78, 5) is 10.1. The van der Waals surface area contributed by atoms with Crippen LogP contribution in [0.5, 0.6) is 0 Å². The van der Waals surface area contributed by atoms with Gasteiger partial charge in [0.2, 0.25) is 0 Å². The van der Waals surface area contributed by atoms with Crippen molar-refractivity contribution in [2.75, 3.05) is 11.1 Å². The molecule has 3 N–H and O–H groups in total. The standard InChI is InChI=1S/C11H13N5O2/c1-7-10(6-15(2)14-7)13-8-3-4-11(16(17)18)9(12)5-8/h3-6,13H,12H2,1-2H3. The van der Waals surface area contributed by atoms with Crippen LogP contribution in [0.1, 0.15) is 5.69 Å². The lowest BCUT2D eigenvalue weighted by Gasteiger charge is -2.05. The van der Waals surface area contributed by atoms with Gasteiger partial charge in [0.1, 0.15) is 5.69 Å². The van der Waals surface area contributed by atoms with Crippen LogP contribution < -0.4 is 11.1 Å². The van der Waals surface area contributed by atoms with Gasteiger partial charge in [-0.15, -0.1) is 0 Å². The number of aryl methyl sites for hydroxylation is 2. The number of aromatic nitrogens is 2. The van der Waals surface area contributed by atoms with Crippen LogP contribution >= 0.6 is 0 Å². The number of nitro benzene ring substituents is 1. The predicted octanol–water partition coefficient (Wildman–Crippen LogP) is 1.96. The second-order valence-corrected chi connectivity index (χ2v) is 3.96. The number of nitro groups is 1. The Morgan fingerprint density at radius 2 is 2.22 bits per heavy atom. The van der Waals surface area contributed by atoms with Gasteiger partial charge in [0.05, 0.1) is 16.3 Å². The molecule has 1 heterocycles. The van der Waals surface area contributed by atoms with Gasteiger partial charge in [-0.25, -0.2) is 0 Å². The van der Waals surface area contributed by atoms with Crippen molar-refractivity contribution in [3.63, 3.8) is 0 Å². The van der Waals surface area contributed by atoms with E-state index in [0.29, 0.717) is 5.69 Å².